The van der Waals surface area contributed by atoms with Gasteiger partial charge in [-0.15, -0.1) is 0 Å². The number of hydrogen-bond acceptors (Lipinski definition) is 7. The van der Waals surface area contributed by atoms with Crippen LogP contribution in [-0.2, 0) is 17.8 Å². The maximum atomic E-state index is 14.0. The highest BCUT2D eigenvalue weighted by Gasteiger charge is 2.43. The van der Waals surface area contributed by atoms with Gasteiger partial charge in [-0.3, -0.25) is 9.69 Å². The van der Waals surface area contributed by atoms with Crippen LogP contribution in [0.5, 0.6) is 6.01 Å². The van der Waals surface area contributed by atoms with Gasteiger partial charge in [0.1, 0.15) is 12.4 Å². The predicted octanol–water partition coefficient (Wildman–Crippen LogP) is 3.69. The number of fused-ring (bicyclic) bond motifs is 2. The number of carbonyl (C=O) groups is 1. The number of hydrogen-bond donors (Lipinski definition) is 1. The minimum atomic E-state index is -2.72. The first kappa shape index (κ1) is 27.4. The molecule has 1 amide bonds. The number of halogens is 2. The number of rotatable bonds is 6. The van der Waals surface area contributed by atoms with Gasteiger partial charge in [0, 0.05) is 73.5 Å². The first-order valence-corrected chi connectivity index (χ1v) is 14.2. The quantitative estimate of drug-likeness (QED) is 0.457. The van der Waals surface area contributed by atoms with Crippen molar-refractivity contribution in [3.8, 4) is 6.01 Å². The third-order valence-electron chi connectivity index (χ3n) is 8.79. The number of nitrogens with one attached hydrogen (secondary N) is 1. The average Bonchev–Trinajstić information content (AvgIpc) is 3.52. The third-order valence-corrected chi connectivity index (χ3v) is 8.79. The normalized spacial score (nSPS) is 20.9. The van der Waals surface area contributed by atoms with E-state index in [9.17, 15) is 13.6 Å². The summed E-state index contributed by atoms with van der Waals surface area (Å²) < 4.78 is 34.0. The van der Waals surface area contributed by atoms with E-state index >= 15 is 0 Å². The van der Waals surface area contributed by atoms with Gasteiger partial charge in [-0.1, -0.05) is 6.58 Å². The number of nitrogens with zero attached hydrogens (tertiary/aromatic N) is 6. The highest BCUT2D eigenvalue weighted by atomic mass is 19.3. The second-order valence-electron chi connectivity index (χ2n) is 11.5. The zero-order chi connectivity index (χ0) is 28.9. The van der Waals surface area contributed by atoms with Crippen LogP contribution in [0.3, 0.4) is 0 Å². The molecule has 1 aromatic carbocycles. The Morgan fingerprint density at radius 2 is 1.98 bits per heavy atom. The van der Waals surface area contributed by atoms with Gasteiger partial charge in [0.2, 0.25) is 5.91 Å². The van der Waals surface area contributed by atoms with E-state index in [1.807, 2.05) is 6.20 Å². The molecular weight excluding hydrogens is 528 g/mol. The number of likely N-dealkylation sites (N-methyl/N-ethyl adjacent to an activating group) is 1. The molecule has 1 atom stereocenters. The van der Waals surface area contributed by atoms with Crippen LogP contribution in [-0.4, -0.2) is 95.5 Å². The summed E-state index contributed by atoms with van der Waals surface area (Å²) in [6, 6.07) is 4.10. The van der Waals surface area contributed by atoms with E-state index in [1.54, 1.807) is 16.8 Å². The summed E-state index contributed by atoms with van der Waals surface area (Å²) in [5, 5.41) is 1.18. The lowest BCUT2D eigenvalue weighted by atomic mass is 9.99. The van der Waals surface area contributed by atoms with Crippen molar-refractivity contribution in [3.05, 3.63) is 53.4 Å². The van der Waals surface area contributed by atoms with Gasteiger partial charge >= 0.3 is 6.01 Å². The molecular formula is C30H37F2N7O2. The van der Waals surface area contributed by atoms with E-state index in [1.165, 1.54) is 28.3 Å². The third kappa shape index (κ3) is 5.23. The van der Waals surface area contributed by atoms with Crippen molar-refractivity contribution in [2.24, 2.45) is 0 Å². The summed E-state index contributed by atoms with van der Waals surface area (Å²) in [7, 11) is 1.70. The summed E-state index contributed by atoms with van der Waals surface area (Å²) in [6.07, 6.45) is 3.83. The number of H-pyrrole nitrogens is 1. The number of aryl methyl sites for hydroxylation is 1. The van der Waals surface area contributed by atoms with Crippen LogP contribution in [0.2, 0.25) is 0 Å². The fraction of sp³-hybridized carbons (Fsp3) is 0.500. The number of ether oxygens (including phenoxy) is 1. The summed E-state index contributed by atoms with van der Waals surface area (Å²) in [5.74, 6) is -1.98. The highest BCUT2D eigenvalue weighted by molar-refractivity contribution is 5.95. The van der Waals surface area contributed by atoms with Crippen molar-refractivity contribution in [3.63, 3.8) is 0 Å². The van der Waals surface area contributed by atoms with Gasteiger partial charge in [0.25, 0.3) is 5.92 Å². The van der Waals surface area contributed by atoms with E-state index in [2.05, 4.69) is 47.3 Å². The van der Waals surface area contributed by atoms with Crippen LogP contribution < -0.4 is 14.5 Å². The molecule has 3 aliphatic rings. The monoisotopic (exact) mass is 565 g/mol. The Balaban J connectivity index is 1.31. The molecule has 2 aromatic heterocycles. The van der Waals surface area contributed by atoms with E-state index < -0.39 is 12.0 Å². The maximum absolute atomic E-state index is 14.0. The smallest absolute Gasteiger partial charge is 0.318 e. The average molecular weight is 566 g/mol. The van der Waals surface area contributed by atoms with Gasteiger partial charge in [-0.2, -0.15) is 9.97 Å². The number of aromatic amines is 1. The molecule has 0 aliphatic carbocycles. The second kappa shape index (κ2) is 10.6. The number of alkyl halides is 2. The predicted molar refractivity (Wildman–Crippen MR) is 155 cm³/mol. The Kier molecular flexibility index (Phi) is 7.09. The Hall–Kier alpha value is -3.73. The lowest BCUT2D eigenvalue weighted by Gasteiger charge is -2.38. The number of piperazine rings is 1. The first-order chi connectivity index (χ1) is 19.6. The van der Waals surface area contributed by atoms with Gasteiger partial charge in [0.15, 0.2) is 0 Å². The standard InChI is InChI=1S/C30H37F2N7O2/c1-5-26(40)37-10-12-38(13-11-37)28-23-7-9-39(27-20(3)19(2)14-24-22(27)6-8-33-24)16-25(23)34-29(35-28)41-17-21-15-30(31,32)18-36(21)4/h5-6,8,14,21,33H,1,7,9-13,15-18H2,2-4H3/t21-/m0/s1. The number of carbonyl (C=O) groups excluding carboxylic acids is 1. The fourth-order valence-electron chi connectivity index (χ4n) is 6.42. The Morgan fingerprint density at radius 3 is 2.68 bits per heavy atom. The molecule has 5 heterocycles. The zero-order valence-electron chi connectivity index (χ0n) is 23.9. The van der Waals surface area contributed by atoms with Crippen LogP contribution in [0.4, 0.5) is 20.3 Å². The molecule has 1 N–H and O–H groups in total. The summed E-state index contributed by atoms with van der Waals surface area (Å²) >= 11 is 0. The van der Waals surface area contributed by atoms with Crippen molar-refractivity contribution in [2.45, 2.75) is 45.2 Å². The largest absolute Gasteiger partial charge is 0.462 e. The molecule has 0 radical (unpaired) electrons. The molecule has 41 heavy (non-hydrogen) atoms. The van der Waals surface area contributed by atoms with Gasteiger partial charge in [0.05, 0.1) is 18.8 Å². The van der Waals surface area contributed by atoms with Gasteiger partial charge < -0.3 is 24.4 Å². The first-order valence-electron chi connectivity index (χ1n) is 14.2. The van der Waals surface area contributed by atoms with E-state index in [0.717, 1.165) is 35.6 Å². The molecule has 0 unspecified atom stereocenters. The van der Waals surface area contributed by atoms with Crippen LogP contribution in [0, 0.1) is 13.8 Å². The number of benzene rings is 1. The zero-order valence-corrected chi connectivity index (χ0v) is 23.9. The van der Waals surface area contributed by atoms with Gasteiger partial charge in [-0.05, 0) is 56.7 Å². The minimum absolute atomic E-state index is 0.0730. The molecule has 218 valence electrons. The minimum Gasteiger partial charge on any atom is -0.462 e. The Bertz CT molecular complexity index is 1480. The van der Waals surface area contributed by atoms with E-state index in [-0.39, 0.29) is 31.5 Å². The maximum Gasteiger partial charge on any atom is 0.318 e. The summed E-state index contributed by atoms with van der Waals surface area (Å²) in [6.45, 7) is 11.5. The second-order valence-corrected chi connectivity index (χ2v) is 11.5. The molecule has 0 bridgehead atoms. The molecule has 0 saturated carbocycles. The Labute approximate surface area is 238 Å². The fourth-order valence-corrected chi connectivity index (χ4v) is 6.42. The van der Waals surface area contributed by atoms with Crippen molar-refractivity contribution in [1.29, 1.82) is 0 Å². The molecule has 2 fully saturated rings. The molecule has 6 rings (SSSR count). The van der Waals surface area contributed by atoms with Crippen molar-refractivity contribution in [1.82, 2.24) is 24.8 Å². The van der Waals surface area contributed by atoms with Crippen LogP contribution in [0.1, 0.15) is 28.8 Å². The van der Waals surface area contributed by atoms with Crippen LogP contribution >= 0.6 is 0 Å². The van der Waals surface area contributed by atoms with Crippen LogP contribution in [0.15, 0.2) is 31.0 Å². The molecule has 2 saturated heterocycles. The highest BCUT2D eigenvalue weighted by Crippen LogP contribution is 2.37. The molecule has 3 aliphatic heterocycles. The summed E-state index contributed by atoms with van der Waals surface area (Å²) in [5.41, 5.74) is 6.72. The topological polar surface area (TPSA) is 80.8 Å². The molecule has 3 aromatic rings. The lowest BCUT2D eigenvalue weighted by molar-refractivity contribution is -0.126. The Morgan fingerprint density at radius 1 is 1.20 bits per heavy atom. The van der Waals surface area contributed by atoms with Crippen LogP contribution in [0.25, 0.3) is 10.9 Å². The lowest BCUT2D eigenvalue weighted by Crippen LogP contribution is -2.49. The van der Waals surface area contributed by atoms with Gasteiger partial charge in [-0.25, -0.2) is 8.78 Å². The molecule has 0 spiro atoms. The van der Waals surface area contributed by atoms with Crippen molar-refractivity contribution in [2.75, 3.05) is 62.7 Å². The summed E-state index contributed by atoms with van der Waals surface area (Å²) in [4.78, 5) is 33.2. The molecule has 11 heteroatoms. The number of aromatic nitrogens is 3. The number of amides is 1. The van der Waals surface area contributed by atoms with Crippen molar-refractivity contribution < 1.29 is 18.3 Å². The number of anilines is 2. The SMILES string of the molecule is C=CC(=O)N1CCN(c2nc(OC[C@@H]3CC(F)(F)CN3C)nc3c2CCN(c2c(C)c(C)cc4[nH]ccc24)C3)CC1. The number of likely N-dealkylation sites (tertiary alicyclic amines) is 1. The van der Waals surface area contributed by atoms with Crippen molar-refractivity contribution >= 4 is 28.3 Å². The van der Waals surface area contributed by atoms with E-state index in [0.29, 0.717) is 32.7 Å². The molecule has 9 nitrogen and oxygen atoms in total. The van der Waals surface area contributed by atoms with E-state index in [4.69, 9.17) is 14.7 Å².